The van der Waals surface area contributed by atoms with Crippen LogP contribution in [0.5, 0.6) is 0 Å². The minimum absolute atomic E-state index is 0.634. The van der Waals surface area contributed by atoms with Crippen LogP contribution in [0.2, 0.25) is 0 Å². The van der Waals surface area contributed by atoms with Gasteiger partial charge in [-0.25, -0.2) is 0 Å². The quantitative estimate of drug-likeness (QED) is 0.887. The minimum Gasteiger partial charge on any atom is -0.469 e. The van der Waals surface area contributed by atoms with Gasteiger partial charge in [0, 0.05) is 35.0 Å². The number of furan rings is 1. The lowest BCUT2D eigenvalue weighted by Crippen LogP contribution is -2.16. The van der Waals surface area contributed by atoms with E-state index < -0.39 is 0 Å². The molecule has 2 heterocycles. The topological polar surface area (TPSA) is 42.4 Å². The molecule has 0 bridgehead atoms. The molecule has 0 amide bonds. The fourth-order valence-corrected chi connectivity index (χ4v) is 2.78. The van der Waals surface area contributed by atoms with Crippen molar-refractivity contribution < 1.29 is 4.42 Å². The lowest BCUT2D eigenvalue weighted by Gasteiger charge is -2.14. The molecule has 3 nitrogen and oxygen atoms in total. The molecule has 0 saturated carbocycles. The lowest BCUT2D eigenvalue weighted by molar-refractivity contribution is 0.319. The minimum atomic E-state index is 0.634. The van der Waals surface area contributed by atoms with Crippen LogP contribution < -0.4 is 5.73 Å². The summed E-state index contributed by atoms with van der Waals surface area (Å²) in [4.78, 5) is 4.88. The summed E-state index contributed by atoms with van der Waals surface area (Å²) in [5.41, 5.74) is 6.86. The van der Waals surface area contributed by atoms with Gasteiger partial charge in [0.2, 0.25) is 0 Å². The second-order valence-corrected chi connectivity index (χ2v) is 5.50. The first kappa shape index (κ1) is 12.4. The first-order chi connectivity index (χ1) is 8.19. The third kappa shape index (κ3) is 3.19. The van der Waals surface area contributed by atoms with Gasteiger partial charge < -0.3 is 10.2 Å². The number of hydrogen-bond acceptors (Lipinski definition) is 4. The van der Waals surface area contributed by atoms with Crippen LogP contribution in [0.15, 0.2) is 28.9 Å². The maximum atomic E-state index is 5.61. The number of hydrogen-bond donors (Lipinski definition) is 1. The molecule has 0 saturated heterocycles. The van der Waals surface area contributed by atoms with E-state index in [1.54, 1.807) is 17.6 Å². The van der Waals surface area contributed by atoms with E-state index in [-0.39, 0.29) is 0 Å². The third-order valence-corrected chi connectivity index (χ3v) is 3.84. The fourth-order valence-electron chi connectivity index (χ4n) is 1.81. The number of thiophene rings is 1. The van der Waals surface area contributed by atoms with Crippen LogP contribution in [-0.4, -0.2) is 11.9 Å². The molecule has 0 fully saturated rings. The Labute approximate surface area is 106 Å². The highest BCUT2D eigenvalue weighted by Gasteiger charge is 2.07. The van der Waals surface area contributed by atoms with Gasteiger partial charge >= 0.3 is 0 Å². The zero-order chi connectivity index (χ0) is 12.3. The Morgan fingerprint density at radius 1 is 1.24 bits per heavy atom. The van der Waals surface area contributed by atoms with Crippen LogP contribution in [0.3, 0.4) is 0 Å². The first-order valence-corrected chi connectivity index (χ1v) is 6.50. The Morgan fingerprint density at radius 3 is 2.59 bits per heavy atom. The van der Waals surface area contributed by atoms with Crippen molar-refractivity contribution in [1.82, 2.24) is 4.90 Å². The summed E-state index contributed by atoms with van der Waals surface area (Å²) in [5, 5.41) is 0. The van der Waals surface area contributed by atoms with Crippen LogP contribution in [0.1, 0.15) is 21.1 Å². The molecule has 17 heavy (non-hydrogen) atoms. The van der Waals surface area contributed by atoms with Crippen LogP contribution in [-0.2, 0) is 19.6 Å². The maximum Gasteiger partial charge on any atom is 0.105 e. The first-order valence-electron chi connectivity index (χ1n) is 5.68. The molecule has 2 aromatic rings. The highest BCUT2D eigenvalue weighted by atomic mass is 32.1. The van der Waals surface area contributed by atoms with Gasteiger partial charge in [-0.05, 0) is 32.2 Å². The Balaban J connectivity index is 1.93. The Kier molecular flexibility index (Phi) is 3.99. The number of nitrogens with zero attached hydrogens (tertiary/aromatic N) is 1. The van der Waals surface area contributed by atoms with E-state index in [1.165, 1.54) is 15.3 Å². The smallest absolute Gasteiger partial charge is 0.105 e. The molecule has 0 aliphatic heterocycles. The third-order valence-electron chi connectivity index (χ3n) is 2.75. The monoisotopic (exact) mass is 250 g/mol. The average Bonchev–Trinajstić information content (AvgIpc) is 2.89. The highest BCUT2D eigenvalue weighted by Crippen LogP contribution is 2.19. The molecule has 0 aliphatic carbocycles. The number of aryl methyl sites for hydroxylation is 1. The summed E-state index contributed by atoms with van der Waals surface area (Å²) in [5.74, 6) is 1.01. The summed E-state index contributed by atoms with van der Waals surface area (Å²) in [6, 6.07) is 6.30. The van der Waals surface area contributed by atoms with E-state index in [9.17, 15) is 0 Å². The molecule has 92 valence electrons. The molecule has 0 spiro atoms. The van der Waals surface area contributed by atoms with E-state index in [4.69, 9.17) is 10.2 Å². The summed E-state index contributed by atoms with van der Waals surface area (Å²) in [6.07, 6.45) is 1.75. The maximum absolute atomic E-state index is 5.61. The fraction of sp³-hybridized carbons (Fsp3) is 0.385. The van der Waals surface area contributed by atoms with Gasteiger partial charge in [0.15, 0.2) is 0 Å². The molecule has 0 unspecified atom stereocenters. The van der Waals surface area contributed by atoms with Gasteiger partial charge in [-0.2, -0.15) is 0 Å². The molecule has 0 aromatic carbocycles. The highest BCUT2D eigenvalue weighted by molar-refractivity contribution is 7.11. The molecule has 0 aliphatic rings. The van der Waals surface area contributed by atoms with Crippen molar-refractivity contribution >= 4 is 11.3 Å². The molecule has 4 heteroatoms. The van der Waals surface area contributed by atoms with Crippen molar-refractivity contribution in [2.45, 2.75) is 26.6 Å². The van der Waals surface area contributed by atoms with Crippen molar-refractivity contribution in [3.63, 3.8) is 0 Å². The Morgan fingerprint density at radius 2 is 2.00 bits per heavy atom. The van der Waals surface area contributed by atoms with Crippen molar-refractivity contribution in [1.29, 1.82) is 0 Å². The van der Waals surface area contributed by atoms with Crippen molar-refractivity contribution in [3.05, 3.63) is 45.5 Å². The molecular formula is C13H18N2OS. The molecule has 0 radical (unpaired) electrons. The SMILES string of the molecule is Cc1occc1CN(C)Cc1ccc(CN)s1. The average molecular weight is 250 g/mol. The number of rotatable bonds is 5. The summed E-state index contributed by atoms with van der Waals surface area (Å²) in [7, 11) is 2.12. The molecule has 2 N–H and O–H groups in total. The lowest BCUT2D eigenvalue weighted by atomic mass is 10.2. The molecular weight excluding hydrogens is 232 g/mol. The van der Waals surface area contributed by atoms with Crippen LogP contribution >= 0.6 is 11.3 Å². The van der Waals surface area contributed by atoms with Gasteiger partial charge in [-0.1, -0.05) is 0 Å². The van der Waals surface area contributed by atoms with Crippen LogP contribution in [0.4, 0.5) is 0 Å². The van der Waals surface area contributed by atoms with Gasteiger partial charge in [0.05, 0.1) is 6.26 Å². The Bertz CT molecular complexity index is 475. The van der Waals surface area contributed by atoms with Crippen molar-refractivity contribution in [2.24, 2.45) is 5.73 Å². The second kappa shape index (κ2) is 5.49. The zero-order valence-corrected chi connectivity index (χ0v) is 11.1. The predicted octanol–water partition coefficient (Wildman–Crippen LogP) is 2.74. The summed E-state index contributed by atoms with van der Waals surface area (Å²) < 4.78 is 5.30. The van der Waals surface area contributed by atoms with Crippen LogP contribution in [0, 0.1) is 6.92 Å². The molecule has 0 atom stereocenters. The molecule has 2 aromatic heterocycles. The van der Waals surface area contributed by atoms with Crippen molar-refractivity contribution in [3.8, 4) is 0 Å². The number of nitrogens with two attached hydrogens (primary N) is 1. The predicted molar refractivity (Wildman–Crippen MR) is 70.8 cm³/mol. The largest absolute Gasteiger partial charge is 0.469 e. The van der Waals surface area contributed by atoms with Crippen LogP contribution in [0.25, 0.3) is 0 Å². The Hall–Kier alpha value is -1.10. The van der Waals surface area contributed by atoms with Crippen molar-refractivity contribution in [2.75, 3.05) is 7.05 Å². The standard InChI is InChI=1S/C13H18N2OS/c1-10-11(5-6-16-10)8-15(2)9-13-4-3-12(7-14)17-13/h3-6H,7-9,14H2,1-2H3. The van der Waals surface area contributed by atoms with Gasteiger partial charge in [-0.15, -0.1) is 11.3 Å². The zero-order valence-electron chi connectivity index (χ0n) is 10.3. The summed E-state index contributed by atoms with van der Waals surface area (Å²) in [6.45, 7) is 4.50. The van der Waals surface area contributed by atoms with Gasteiger partial charge in [-0.3, -0.25) is 4.90 Å². The van der Waals surface area contributed by atoms with E-state index >= 15 is 0 Å². The van der Waals surface area contributed by atoms with Gasteiger partial charge in [0.25, 0.3) is 0 Å². The van der Waals surface area contributed by atoms with E-state index in [1.807, 2.05) is 13.0 Å². The summed E-state index contributed by atoms with van der Waals surface area (Å²) >= 11 is 1.79. The van der Waals surface area contributed by atoms with Gasteiger partial charge in [0.1, 0.15) is 5.76 Å². The van der Waals surface area contributed by atoms with E-state index in [0.29, 0.717) is 6.54 Å². The molecule has 2 rings (SSSR count). The second-order valence-electron chi connectivity index (χ2n) is 4.25. The van der Waals surface area contributed by atoms with E-state index in [2.05, 4.69) is 24.1 Å². The normalized spacial score (nSPS) is 11.3. The van der Waals surface area contributed by atoms with E-state index in [0.717, 1.165) is 18.8 Å².